The number of hydrogen-bond donors (Lipinski definition) is 0. The van der Waals surface area contributed by atoms with Gasteiger partial charge in [0.05, 0.1) is 0 Å². The van der Waals surface area contributed by atoms with Gasteiger partial charge in [0.1, 0.15) is 11.2 Å². The van der Waals surface area contributed by atoms with Gasteiger partial charge in [-0.3, -0.25) is 14.4 Å². The second-order valence-corrected chi connectivity index (χ2v) is 10.6. The Hall–Kier alpha value is -1.60. The molecule has 27 heavy (non-hydrogen) atoms. The molecule has 2 saturated carbocycles. The molecule has 3 rings (SSSR count). The first-order valence-electron chi connectivity index (χ1n) is 9.35. The second kappa shape index (κ2) is 6.48. The van der Waals surface area contributed by atoms with E-state index in [0.717, 1.165) is 16.7 Å². The zero-order valence-electron chi connectivity index (χ0n) is 16.5. The second-order valence-electron chi connectivity index (χ2n) is 8.36. The summed E-state index contributed by atoms with van der Waals surface area (Å²) in [4.78, 5) is 37.3. The minimum atomic E-state index is -3.51. The van der Waals surface area contributed by atoms with Gasteiger partial charge in [0.15, 0.2) is 17.3 Å². The molecule has 3 aliphatic carbocycles. The van der Waals surface area contributed by atoms with E-state index in [1.807, 2.05) is 19.9 Å². The van der Waals surface area contributed by atoms with Crippen LogP contribution < -0.4 is 0 Å². The first kappa shape index (κ1) is 20.1. The zero-order valence-corrected chi connectivity index (χ0v) is 17.4. The Kier molecular flexibility index (Phi) is 4.84. The minimum Gasteiger partial charge on any atom is -0.298 e. The molecule has 1 spiro atoms. The van der Waals surface area contributed by atoms with E-state index in [2.05, 4.69) is 0 Å². The molecular formula is C20H27NO5S. The molecule has 2 atom stereocenters. The molecule has 148 valence electrons. The quantitative estimate of drug-likeness (QED) is 0.682. The summed E-state index contributed by atoms with van der Waals surface area (Å²) in [5.41, 5.74) is 2.06. The van der Waals surface area contributed by atoms with Crippen LogP contribution in [0.25, 0.3) is 0 Å². The molecule has 0 bridgehead atoms. The van der Waals surface area contributed by atoms with Crippen LogP contribution in [-0.4, -0.2) is 49.4 Å². The highest BCUT2D eigenvalue weighted by Crippen LogP contribution is 2.63. The Bertz CT molecular complexity index is 875. The van der Waals surface area contributed by atoms with Crippen molar-refractivity contribution in [3.05, 3.63) is 22.8 Å². The molecule has 3 aliphatic rings. The fourth-order valence-electron chi connectivity index (χ4n) is 5.36. The van der Waals surface area contributed by atoms with Crippen molar-refractivity contribution in [3.63, 3.8) is 0 Å². The van der Waals surface area contributed by atoms with Crippen molar-refractivity contribution < 1.29 is 22.8 Å². The van der Waals surface area contributed by atoms with E-state index in [0.29, 0.717) is 6.42 Å². The first-order valence-corrected chi connectivity index (χ1v) is 10.9. The van der Waals surface area contributed by atoms with Gasteiger partial charge in [-0.1, -0.05) is 29.7 Å². The number of Topliss-reactive ketones (excluding diaryl/α,β-unsaturated/α-hetero) is 3. The van der Waals surface area contributed by atoms with Gasteiger partial charge in [-0.2, -0.15) is 0 Å². The summed E-state index contributed by atoms with van der Waals surface area (Å²) in [6, 6.07) is 0. The summed E-state index contributed by atoms with van der Waals surface area (Å²) in [6.45, 7) is 5.40. The molecule has 0 aromatic rings. The van der Waals surface area contributed by atoms with Gasteiger partial charge in [0, 0.05) is 44.7 Å². The van der Waals surface area contributed by atoms with Crippen molar-refractivity contribution in [3.8, 4) is 0 Å². The van der Waals surface area contributed by atoms with Gasteiger partial charge in [-0.05, 0) is 20.3 Å². The lowest BCUT2D eigenvalue weighted by atomic mass is 9.47. The number of ketones is 3. The standard InChI is InChI=1S/C20H27NO5S/c1-6-14(22)17-15(23)9-20(10-16(17)24)8-13-18(20)11(2)7-12(3)19(13)27(25,26)21(4)5/h7,13,17,19H,6,8-10H2,1-5H3. The maximum atomic E-state index is 12.9. The largest absolute Gasteiger partial charge is 0.298 e. The predicted molar refractivity (Wildman–Crippen MR) is 101 cm³/mol. The van der Waals surface area contributed by atoms with Gasteiger partial charge >= 0.3 is 0 Å². The van der Waals surface area contributed by atoms with Crippen molar-refractivity contribution in [1.82, 2.24) is 4.31 Å². The topological polar surface area (TPSA) is 88.6 Å². The molecule has 2 unspecified atom stereocenters. The number of allylic oxidation sites excluding steroid dienone is 3. The van der Waals surface area contributed by atoms with Crippen LogP contribution >= 0.6 is 0 Å². The third kappa shape index (κ3) is 2.86. The van der Waals surface area contributed by atoms with E-state index in [9.17, 15) is 22.8 Å². The number of fused-ring (bicyclic) bond motifs is 2. The molecule has 0 saturated heterocycles. The molecule has 0 heterocycles. The van der Waals surface area contributed by atoms with Gasteiger partial charge in [0.2, 0.25) is 10.0 Å². The van der Waals surface area contributed by atoms with E-state index in [1.165, 1.54) is 18.4 Å². The number of carbonyl (C=O) groups excluding carboxylic acids is 3. The van der Waals surface area contributed by atoms with E-state index in [4.69, 9.17) is 0 Å². The smallest absolute Gasteiger partial charge is 0.220 e. The van der Waals surface area contributed by atoms with Crippen molar-refractivity contribution in [2.45, 2.75) is 51.7 Å². The normalized spacial score (nSPS) is 33.9. The highest BCUT2D eigenvalue weighted by Gasteiger charge is 2.61. The van der Waals surface area contributed by atoms with E-state index in [-0.39, 0.29) is 42.5 Å². The van der Waals surface area contributed by atoms with E-state index >= 15 is 0 Å². The Morgan fingerprint density at radius 2 is 1.74 bits per heavy atom. The molecule has 6 nitrogen and oxygen atoms in total. The van der Waals surface area contributed by atoms with Crippen LogP contribution in [0.3, 0.4) is 0 Å². The van der Waals surface area contributed by atoms with Gasteiger partial charge in [-0.15, -0.1) is 0 Å². The Morgan fingerprint density at radius 3 is 2.22 bits per heavy atom. The summed E-state index contributed by atoms with van der Waals surface area (Å²) < 4.78 is 27.0. The Balaban J connectivity index is 1.98. The zero-order chi connectivity index (χ0) is 20.3. The number of hydrogen-bond acceptors (Lipinski definition) is 5. The lowest BCUT2D eigenvalue weighted by Gasteiger charge is -2.57. The maximum Gasteiger partial charge on any atom is 0.220 e. The summed E-state index contributed by atoms with van der Waals surface area (Å²) in [5.74, 6) is -2.26. The average molecular weight is 394 g/mol. The maximum absolute atomic E-state index is 12.9. The van der Waals surface area contributed by atoms with Gasteiger partial charge < -0.3 is 0 Å². The van der Waals surface area contributed by atoms with Crippen molar-refractivity contribution in [1.29, 1.82) is 0 Å². The molecule has 2 fully saturated rings. The highest BCUT2D eigenvalue weighted by molar-refractivity contribution is 7.89. The van der Waals surface area contributed by atoms with Crippen molar-refractivity contribution >= 4 is 27.4 Å². The van der Waals surface area contributed by atoms with Crippen LogP contribution in [0, 0.1) is 17.3 Å². The lowest BCUT2D eigenvalue weighted by molar-refractivity contribution is -0.146. The lowest BCUT2D eigenvalue weighted by Crippen LogP contribution is -2.57. The van der Waals surface area contributed by atoms with E-state index < -0.39 is 26.6 Å². The van der Waals surface area contributed by atoms with E-state index in [1.54, 1.807) is 6.92 Å². The SMILES string of the molecule is CCC(=O)C1C(=O)CC2(CC1=O)CC1C2=C(C)C=C(C)C1S(=O)(=O)N(C)C. The van der Waals surface area contributed by atoms with Gasteiger partial charge in [0.25, 0.3) is 0 Å². The Labute approximate surface area is 160 Å². The van der Waals surface area contributed by atoms with Crippen LogP contribution in [-0.2, 0) is 24.4 Å². The summed E-state index contributed by atoms with van der Waals surface area (Å²) in [6.07, 6.45) is 2.84. The summed E-state index contributed by atoms with van der Waals surface area (Å²) >= 11 is 0. The molecule has 7 heteroatoms. The number of carbonyl (C=O) groups is 3. The molecular weight excluding hydrogens is 366 g/mol. The summed E-state index contributed by atoms with van der Waals surface area (Å²) in [7, 11) is -0.458. The summed E-state index contributed by atoms with van der Waals surface area (Å²) in [5, 5.41) is -0.656. The molecule has 0 aromatic heterocycles. The van der Waals surface area contributed by atoms with Crippen molar-refractivity contribution in [2.24, 2.45) is 17.3 Å². The van der Waals surface area contributed by atoms with Crippen molar-refractivity contribution in [2.75, 3.05) is 14.1 Å². The molecule has 0 aromatic carbocycles. The fraction of sp³-hybridized carbons (Fsp3) is 0.650. The monoisotopic (exact) mass is 393 g/mol. The average Bonchev–Trinajstić information content (AvgIpc) is 2.51. The third-order valence-corrected chi connectivity index (χ3v) is 8.77. The molecule has 0 radical (unpaired) electrons. The fourth-order valence-corrected chi connectivity index (χ4v) is 7.00. The highest BCUT2D eigenvalue weighted by atomic mass is 32.2. The van der Waals surface area contributed by atoms with Crippen LogP contribution in [0.4, 0.5) is 0 Å². The number of nitrogens with zero attached hydrogens (tertiary/aromatic N) is 1. The molecule has 0 aliphatic heterocycles. The predicted octanol–water partition coefficient (Wildman–Crippen LogP) is 2.06. The van der Waals surface area contributed by atoms with Crippen LogP contribution in [0.5, 0.6) is 0 Å². The van der Waals surface area contributed by atoms with Crippen LogP contribution in [0.2, 0.25) is 0 Å². The Morgan fingerprint density at radius 1 is 1.19 bits per heavy atom. The number of rotatable bonds is 4. The minimum absolute atomic E-state index is 0.153. The third-order valence-electron chi connectivity index (χ3n) is 6.41. The van der Waals surface area contributed by atoms with Crippen LogP contribution in [0.15, 0.2) is 22.8 Å². The van der Waals surface area contributed by atoms with Crippen LogP contribution in [0.1, 0.15) is 46.5 Å². The number of sulfonamides is 1. The molecule has 0 amide bonds. The molecule has 0 N–H and O–H groups in total. The first-order chi connectivity index (χ1) is 12.5. The van der Waals surface area contributed by atoms with Gasteiger partial charge in [-0.25, -0.2) is 12.7 Å².